The van der Waals surface area contributed by atoms with Gasteiger partial charge in [-0.2, -0.15) is 0 Å². The number of ether oxygens (including phenoxy) is 3. The summed E-state index contributed by atoms with van der Waals surface area (Å²) in [6, 6.07) is 40.9. The third-order valence-corrected chi connectivity index (χ3v) is 6.96. The first-order valence-electron chi connectivity index (χ1n) is 14.2. The molecule has 0 saturated carbocycles. The SMILES string of the molecule is C=CC[C@@H](NCc1ccccc1)[C@H](OCc1ccccc1)[C@@H](OCc1ccccc1)[C@H](C=C)OCc1ccccc1. The van der Waals surface area contributed by atoms with Gasteiger partial charge in [-0.1, -0.05) is 133 Å². The van der Waals surface area contributed by atoms with Crippen LogP contribution in [-0.4, -0.2) is 24.4 Å². The zero-order valence-corrected chi connectivity index (χ0v) is 23.7. The molecular weight excluding hydrogens is 506 g/mol. The summed E-state index contributed by atoms with van der Waals surface area (Å²) >= 11 is 0. The molecule has 212 valence electrons. The molecule has 0 aliphatic heterocycles. The van der Waals surface area contributed by atoms with Crippen molar-refractivity contribution in [1.82, 2.24) is 5.32 Å². The molecule has 0 aromatic heterocycles. The van der Waals surface area contributed by atoms with Gasteiger partial charge in [0, 0.05) is 12.6 Å². The Labute approximate surface area is 245 Å². The van der Waals surface area contributed by atoms with E-state index in [1.165, 1.54) is 5.56 Å². The average molecular weight is 548 g/mol. The van der Waals surface area contributed by atoms with Crippen molar-refractivity contribution in [2.45, 2.75) is 57.1 Å². The molecule has 0 saturated heterocycles. The minimum atomic E-state index is -0.437. The summed E-state index contributed by atoms with van der Waals surface area (Å²) in [5, 5.41) is 3.74. The molecule has 0 fully saturated rings. The van der Waals surface area contributed by atoms with E-state index in [4.69, 9.17) is 14.2 Å². The molecule has 4 nitrogen and oxygen atoms in total. The van der Waals surface area contributed by atoms with Crippen LogP contribution in [0.25, 0.3) is 0 Å². The fourth-order valence-corrected chi connectivity index (χ4v) is 4.77. The van der Waals surface area contributed by atoms with Crippen LogP contribution < -0.4 is 5.32 Å². The van der Waals surface area contributed by atoms with Crippen LogP contribution in [0.15, 0.2) is 147 Å². The lowest BCUT2D eigenvalue weighted by molar-refractivity contribution is -0.147. The molecule has 4 atom stereocenters. The second-order valence-corrected chi connectivity index (χ2v) is 10.0. The lowest BCUT2D eigenvalue weighted by Crippen LogP contribution is -2.52. The van der Waals surface area contributed by atoms with Crippen molar-refractivity contribution in [3.63, 3.8) is 0 Å². The Morgan fingerprint density at radius 3 is 1.39 bits per heavy atom. The first kappa shape index (κ1) is 30.2. The second kappa shape index (κ2) is 17.1. The van der Waals surface area contributed by atoms with Gasteiger partial charge in [-0.05, 0) is 28.7 Å². The van der Waals surface area contributed by atoms with Crippen molar-refractivity contribution in [1.29, 1.82) is 0 Å². The first-order chi connectivity index (χ1) is 20.3. The van der Waals surface area contributed by atoms with E-state index >= 15 is 0 Å². The summed E-state index contributed by atoms with van der Waals surface area (Å²) < 4.78 is 19.9. The van der Waals surface area contributed by atoms with Gasteiger partial charge in [0.25, 0.3) is 0 Å². The molecule has 4 rings (SSSR count). The molecule has 4 aromatic rings. The van der Waals surface area contributed by atoms with E-state index < -0.39 is 12.2 Å². The van der Waals surface area contributed by atoms with Crippen molar-refractivity contribution in [3.8, 4) is 0 Å². The summed E-state index contributed by atoms with van der Waals surface area (Å²) in [4.78, 5) is 0. The fourth-order valence-electron chi connectivity index (χ4n) is 4.77. The molecule has 0 amide bonds. The highest BCUT2D eigenvalue weighted by atomic mass is 16.6. The normalized spacial score (nSPS) is 14.0. The lowest BCUT2D eigenvalue weighted by Gasteiger charge is -2.37. The first-order valence-corrected chi connectivity index (χ1v) is 14.2. The van der Waals surface area contributed by atoms with Crippen LogP contribution in [0.5, 0.6) is 0 Å². The smallest absolute Gasteiger partial charge is 0.115 e. The highest BCUT2D eigenvalue weighted by Crippen LogP contribution is 2.23. The minimum Gasteiger partial charge on any atom is -0.369 e. The number of nitrogens with one attached hydrogen (secondary N) is 1. The predicted molar refractivity (Wildman–Crippen MR) is 167 cm³/mol. The molecular formula is C37H41NO3. The fraction of sp³-hybridized carbons (Fsp3) is 0.243. The second-order valence-electron chi connectivity index (χ2n) is 10.0. The van der Waals surface area contributed by atoms with Gasteiger partial charge in [0.15, 0.2) is 0 Å². The van der Waals surface area contributed by atoms with Gasteiger partial charge in [0.1, 0.15) is 18.3 Å². The largest absolute Gasteiger partial charge is 0.369 e. The van der Waals surface area contributed by atoms with E-state index in [0.717, 1.165) is 16.7 Å². The van der Waals surface area contributed by atoms with Crippen LogP contribution in [0.2, 0.25) is 0 Å². The highest BCUT2D eigenvalue weighted by Gasteiger charge is 2.36. The molecule has 0 radical (unpaired) electrons. The van der Waals surface area contributed by atoms with Gasteiger partial charge in [0.05, 0.1) is 19.8 Å². The van der Waals surface area contributed by atoms with Crippen LogP contribution >= 0.6 is 0 Å². The van der Waals surface area contributed by atoms with Gasteiger partial charge < -0.3 is 19.5 Å². The third kappa shape index (κ3) is 9.96. The standard InChI is InChI=1S/C37H41NO3/c1-3-17-34(38-26-30-18-9-5-10-19-30)36(40-28-32-22-13-7-14-23-32)37(41-29-33-24-15-8-16-25-33)35(4-2)39-27-31-20-11-6-12-21-31/h3-16,18-25,34-38H,1-2,17,26-29H2/t34-,35+,36+,37+/m1/s1. The molecule has 1 N–H and O–H groups in total. The van der Waals surface area contributed by atoms with Gasteiger partial charge in [0.2, 0.25) is 0 Å². The highest BCUT2D eigenvalue weighted by molar-refractivity contribution is 5.17. The Morgan fingerprint density at radius 2 is 0.951 bits per heavy atom. The third-order valence-electron chi connectivity index (χ3n) is 6.96. The summed E-state index contributed by atoms with van der Waals surface area (Å²) in [5.41, 5.74) is 4.47. The van der Waals surface area contributed by atoms with Crippen LogP contribution in [0.1, 0.15) is 28.7 Å². The molecule has 0 spiro atoms. The molecule has 4 heteroatoms. The van der Waals surface area contributed by atoms with Gasteiger partial charge in [-0.15, -0.1) is 13.2 Å². The number of benzene rings is 4. The van der Waals surface area contributed by atoms with Crippen molar-refractivity contribution < 1.29 is 14.2 Å². The van der Waals surface area contributed by atoms with E-state index in [9.17, 15) is 0 Å². The van der Waals surface area contributed by atoms with E-state index in [1.807, 2.05) is 72.8 Å². The van der Waals surface area contributed by atoms with Crippen LogP contribution in [0, 0.1) is 0 Å². The summed E-state index contributed by atoms with van der Waals surface area (Å²) in [7, 11) is 0. The Morgan fingerprint density at radius 1 is 0.537 bits per heavy atom. The summed E-state index contributed by atoms with van der Waals surface area (Å²) in [6.07, 6.45) is 3.25. The van der Waals surface area contributed by atoms with Crippen molar-refractivity contribution in [3.05, 3.63) is 169 Å². The number of rotatable bonds is 18. The van der Waals surface area contributed by atoms with E-state index in [1.54, 1.807) is 0 Å². The van der Waals surface area contributed by atoms with Crippen LogP contribution in [-0.2, 0) is 40.6 Å². The van der Waals surface area contributed by atoms with Gasteiger partial charge in [-0.3, -0.25) is 0 Å². The Bertz CT molecular complexity index is 1260. The van der Waals surface area contributed by atoms with Crippen molar-refractivity contribution >= 4 is 0 Å². The Balaban J connectivity index is 1.63. The van der Waals surface area contributed by atoms with Crippen molar-refractivity contribution in [2.75, 3.05) is 0 Å². The maximum atomic E-state index is 6.75. The molecule has 0 aliphatic rings. The Hall–Kier alpha value is -3.80. The van der Waals surface area contributed by atoms with Gasteiger partial charge in [-0.25, -0.2) is 0 Å². The zero-order valence-electron chi connectivity index (χ0n) is 23.7. The number of hydrogen-bond acceptors (Lipinski definition) is 4. The molecule has 0 bridgehead atoms. The van der Waals surface area contributed by atoms with E-state index in [2.05, 4.69) is 79.1 Å². The van der Waals surface area contributed by atoms with Gasteiger partial charge >= 0.3 is 0 Å². The molecule has 41 heavy (non-hydrogen) atoms. The summed E-state index contributed by atoms with van der Waals surface area (Å²) in [5.74, 6) is 0. The van der Waals surface area contributed by atoms with E-state index in [-0.39, 0.29) is 12.1 Å². The van der Waals surface area contributed by atoms with Crippen LogP contribution in [0.4, 0.5) is 0 Å². The maximum absolute atomic E-state index is 6.75. The van der Waals surface area contributed by atoms with Crippen molar-refractivity contribution in [2.24, 2.45) is 0 Å². The molecule has 0 unspecified atom stereocenters. The quantitative estimate of drug-likeness (QED) is 0.130. The van der Waals surface area contributed by atoms with Crippen LogP contribution in [0.3, 0.4) is 0 Å². The Kier molecular flexibility index (Phi) is 12.6. The summed E-state index contributed by atoms with van der Waals surface area (Å²) in [6.45, 7) is 10.2. The monoisotopic (exact) mass is 547 g/mol. The minimum absolute atomic E-state index is 0.0834. The number of hydrogen-bond donors (Lipinski definition) is 1. The topological polar surface area (TPSA) is 39.7 Å². The predicted octanol–water partition coefficient (Wildman–Crippen LogP) is 7.66. The maximum Gasteiger partial charge on any atom is 0.115 e. The van der Waals surface area contributed by atoms with E-state index in [0.29, 0.717) is 32.8 Å². The zero-order chi connectivity index (χ0) is 28.5. The average Bonchev–Trinajstić information content (AvgIpc) is 3.04. The molecule has 4 aromatic carbocycles. The lowest BCUT2D eigenvalue weighted by atomic mass is 9.96. The molecule has 0 aliphatic carbocycles. The molecule has 0 heterocycles.